The van der Waals surface area contributed by atoms with Crippen LogP contribution < -0.4 is 20.5 Å². The number of sulfonamides is 1. The van der Waals surface area contributed by atoms with Crippen molar-refractivity contribution in [2.75, 3.05) is 17.1 Å². The number of fused-ring (bicyclic) bond motifs is 2. The van der Waals surface area contributed by atoms with Crippen molar-refractivity contribution in [1.29, 1.82) is 0 Å². The second-order valence-corrected chi connectivity index (χ2v) is 15.2. The lowest BCUT2D eigenvalue weighted by atomic mass is 10.0. The number of piperidine rings is 1. The molecule has 5 aromatic rings. The first kappa shape index (κ1) is 38.9. The van der Waals surface area contributed by atoms with Crippen LogP contribution in [0.25, 0.3) is 33.3 Å². The molecule has 5 heterocycles. The number of aryl methyl sites for hydroxylation is 2. The van der Waals surface area contributed by atoms with Gasteiger partial charge < -0.3 is 10.5 Å². The lowest BCUT2D eigenvalue weighted by molar-refractivity contribution is -0.136. The number of carbonyl (C=O) groups excluding carboxylic acids is 4. The molecule has 298 valence electrons. The van der Waals surface area contributed by atoms with Gasteiger partial charge in [-0.1, -0.05) is 31.4 Å². The van der Waals surface area contributed by atoms with Crippen LogP contribution in [-0.4, -0.2) is 79.9 Å². The summed E-state index contributed by atoms with van der Waals surface area (Å²) in [4.78, 5) is 55.5. The van der Waals surface area contributed by atoms with Crippen molar-refractivity contribution < 1.29 is 45.5 Å². The molecule has 57 heavy (non-hydrogen) atoms. The van der Waals surface area contributed by atoms with Crippen molar-refractivity contribution in [2.45, 2.75) is 63.3 Å². The molecular formula is C37H36F3N9O7S. The maximum atomic E-state index is 14.9. The van der Waals surface area contributed by atoms with Gasteiger partial charge in [0.2, 0.25) is 11.8 Å². The van der Waals surface area contributed by atoms with Gasteiger partial charge in [0.25, 0.3) is 21.8 Å². The first-order valence-electron chi connectivity index (χ1n) is 18.0. The molecule has 1 fully saturated rings. The average molecular weight is 808 g/mol. The van der Waals surface area contributed by atoms with Crippen LogP contribution in [0.4, 0.5) is 24.7 Å². The molecule has 2 aliphatic rings. The second kappa shape index (κ2) is 15.7. The quantitative estimate of drug-likeness (QED) is 0.0981. The van der Waals surface area contributed by atoms with E-state index in [9.17, 15) is 40.8 Å². The van der Waals surface area contributed by atoms with Crippen molar-refractivity contribution in [2.24, 2.45) is 7.05 Å². The summed E-state index contributed by atoms with van der Waals surface area (Å²) >= 11 is 0. The van der Waals surface area contributed by atoms with Crippen LogP contribution in [0.2, 0.25) is 0 Å². The smallest absolute Gasteiger partial charge is 0.355 e. The number of rotatable bonds is 15. The summed E-state index contributed by atoms with van der Waals surface area (Å²) in [5.74, 6) is -6.74. The molecule has 2 aromatic carbocycles. The number of halogens is 3. The Kier molecular flexibility index (Phi) is 10.7. The number of hydrogen-bond acceptors (Lipinski definition) is 11. The number of anilines is 2. The third kappa shape index (κ3) is 7.63. The van der Waals surface area contributed by atoms with E-state index in [1.807, 2.05) is 6.20 Å². The van der Waals surface area contributed by atoms with Crippen molar-refractivity contribution in [3.05, 3.63) is 71.9 Å². The van der Waals surface area contributed by atoms with Gasteiger partial charge in [0.15, 0.2) is 0 Å². The Labute approximate surface area is 323 Å². The summed E-state index contributed by atoms with van der Waals surface area (Å²) in [5, 5.41) is 11.6. The highest BCUT2D eigenvalue weighted by atomic mass is 32.2. The Morgan fingerprint density at radius 3 is 2.53 bits per heavy atom. The van der Waals surface area contributed by atoms with E-state index in [-0.39, 0.29) is 46.8 Å². The zero-order valence-electron chi connectivity index (χ0n) is 30.4. The number of hydrogen-bond donors (Lipinski definition) is 3. The minimum absolute atomic E-state index is 0.0359. The summed E-state index contributed by atoms with van der Waals surface area (Å²) in [6.45, 7) is 0.956. The van der Waals surface area contributed by atoms with Crippen LogP contribution in [0.1, 0.15) is 65.7 Å². The van der Waals surface area contributed by atoms with E-state index in [4.69, 9.17) is 10.5 Å². The number of pyridine rings is 1. The minimum atomic E-state index is -5.07. The van der Waals surface area contributed by atoms with Gasteiger partial charge in [-0.05, 0) is 43.5 Å². The third-order valence-corrected chi connectivity index (χ3v) is 10.8. The van der Waals surface area contributed by atoms with Gasteiger partial charge in [-0.25, -0.2) is 17.8 Å². The van der Waals surface area contributed by atoms with Gasteiger partial charge in [-0.2, -0.15) is 19.0 Å². The molecule has 0 spiro atoms. The van der Waals surface area contributed by atoms with Crippen LogP contribution >= 0.6 is 0 Å². The monoisotopic (exact) mass is 807 g/mol. The Bertz CT molecular complexity index is 2540. The predicted molar refractivity (Wildman–Crippen MR) is 200 cm³/mol. The predicted octanol–water partition coefficient (Wildman–Crippen LogP) is 4.62. The highest BCUT2D eigenvalue weighted by Crippen LogP contribution is 2.38. The summed E-state index contributed by atoms with van der Waals surface area (Å²) in [7, 11) is -3.40. The molecule has 0 saturated carbocycles. The van der Waals surface area contributed by atoms with Gasteiger partial charge in [0.05, 0.1) is 40.5 Å². The molecule has 0 aliphatic carbocycles. The van der Waals surface area contributed by atoms with Crippen molar-refractivity contribution in [3.8, 4) is 28.1 Å². The van der Waals surface area contributed by atoms with E-state index in [0.29, 0.717) is 36.0 Å². The number of aromatic nitrogens is 5. The molecule has 4 amide bonds. The highest BCUT2D eigenvalue weighted by molar-refractivity contribution is 7.93. The van der Waals surface area contributed by atoms with E-state index < -0.39 is 57.0 Å². The summed E-state index contributed by atoms with van der Waals surface area (Å²) in [6, 6.07) is 7.05. The molecule has 7 rings (SSSR count). The molecule has 2 aliphatic heterocycles. The second-order valence-electron chi connectivity index (χ2n) is 13.6. The number of nitrogens with one attached hydrogen (secondary N) is 2. The SMILES string of the molecule is Cn1nc(-c2ccc(NS(=O)(=O)C(F)F)c(F)c2)c2c(N)ncc(-c3cnn(CCCCCCCOc4cccc5c4C(=O)N(C4CCC(=O)NC4=O)C5=O)c3)c21. The number of amides is 4. The van der Waals surface area contributed by atoms with E-state index in [1.54, 1.807) is 45.7 Å². The maximum absolute atomic E-state index is 14.9. The molecule has 20 heteroatoms. The molecule has 0 radical (unpaired) electrons. The number of benzene rings is 2. The number of unbranched alkanes of at least 4 members (excludes halogenated alkanes) is 4. The molecule has 0 bridgehead atoms. The normalized spacial score (nSPS) is 15.8. The van der Waals surface area contributed by atoms with Gasteiger partial charge in [-0.3, -0.25) is 43.5 Å². The van der Waals surface area contributed by atoms with Crippen molar-refractivity contribution in [3.63, 3.8) is 0 Å². The molecule has 3 aromatic heterocycles. The van der Waals surface area contributed by atoms with E-state index in [1.165, 1.54) is 12.1 Å². The van der Waals surface area contributed by atoms with Crippen molar-refractivity contribution >= 4 is 56.1 Å². The molecule has 1 unspecified atom stereocenters. The van der Waals surface area contributed by atoms with E-state index >= 15 is 0 Å². The number of nitrogen functional groups attached to an aromatic ring is 1. The summed E-state index contributed by atoms with van der Waals surface area (Å²) in [6.07, 6.45) is 9.44. The number of nitrogens with two attached hydrogens (primary N) is 1. The highest BCUT2D eigenvalue weighted by Gasteiger charge is 2.46. The van der Waals surface area contributed by atoms with Gasteiger partial charge in [0, 0.05) is 49.1 Å². The van der Waals surface area contributed by atoms with Crippen LogP contribution in [0, 0.1) is 5.82 Å². The van der Waals surface area contributed by atoms with Gasteiger partial charge in [-0.15, -0.1) is 0 Å². The third-order valence-electron chi connectivity index (χ3n) is 9.78. The summed E-state index contributed by atoms with van der Waals surface area (Å²) in [5.41, 5.74) is 8.36. The molecule has 16 nitrogen and oxygen atoms in total. The number of nitrogens with zero attached hydrogens (tertiary/aromatic N) is 6. The lowest BCUT2D eigenvalue weighted by Crippen LogP contribution is -2.54. The van der Waals surface area contributed by atoms with E-state index in [0.717, 1.165) is 48.3 Å². The minimum Gasteiger partial charge on any atom is -0.493 e. The van der Waals surface area contributed by atoms with Gasteiger partial charge in [0.1, 0.15) is 29.1 Å². The standard InChI is InChI=1S/C37H36F3N9O7S/c1-47-32-23(18-42-33(41)30(32)31(45-47)20-10-11-25(24(38)16-20)46-57(54,55)37(39)40)21-17-43-48(19-21)14-5-3-2-4-6-15-56-27-9-7-8-22-29(27)36(53)49(35(22)52)26-12-13-28(50)44-34(26)51/h7-11,16-19,26,37,46H,2-6,12-15H2,1H3,(H2,41,42)(H,44,50,51). The van der Waals surface area contributed by atoms with Crippen LogP contribution in [0.15, 0.2) is 55.0 Å². The topological polar surface area (TPSA) is 213 Å². The fraction of sp³-hybridized carbons (Fsp3) is 0.324. The Hall–Kier alpha value is -6.31. The maximum Gasteiger partial charge on any atom is 0.355 e. The Morgan fingerprint density at radius 1 is 1.00 bits per heavy atom. The number of ether oxygens (including phenoxy) is 1. The van der Waals surface area contributed by atoms with Crippen molar-refractivity contribution in [1.82, 2.24) is 34.8 Å². The number of imide groups is 2. The van der Waals surface area contributed by atoms with Crippen LogP contribution in [-0.2, 0) is 33.2 Å². The fourth-order valence-electron chi connectivity index (χ4n) is 7.01. The Balaban J connectivity index is 0.919. The largest absolute Gasteiger partial charge is 0.493 e. The fourth-order valence-corrected chi connectivity index (χ4v) is 7.57. The zero-order chi connectivity index (χ0) is 40.6. The number of carbonyl (C=O) groups is 4. The Morgan fingerprint density at radius 2 is 1.77 bits per heavy atom. The summed E-state index contributed by atoms with van der Waals surface area (Å²) < 4.78 is 74.4. The number of alkyl halides is 2. The lowest BCUT2D eigenvalue weighted by Gasteiger charge is -2.27. The first-order valence-corrected chi connectivity index (χ1v) is 19.5. The molecule has 4 N–H and O–H groups in total. The first-order chi connectivity index (χ1) is 27.2. The van der Waals surface area contributed by atoms with Gasteiger partial charge >= 0.3 is 5.76 Å². The molecule has 1 saturated heterocycles. The van der Waals surface area contributed by atoms with Crippen LogP contribution in [0.3, 0.4) is 0 Å². The molecule has 1 atom stereocenters. The van der Waals surface area contributed by atoms with Crippen LogP contribution in [0.5, 0.6) is 5.75 Å². The van der Waals surface area contributed by atoms with E-state index in [2.05, 4.69) is 20.5 Å². The molecular weight excluding hydrogens is 772 g/mol. The average Bonchev–Trinajstić information content (AvgIpc) is 3.85. The zero-order valence-corrected chi connectivity index (χ0v) is 31.2.